The van der Waals surface area contributed by atoms with Crippen molar-refractivity contribution in [3.63, 3.8) is 0 Å². The van der Waals surface area contributed by atoms with Crippen LogP contribution in [0.15, 0.2) is 94.9 Å². The summed E-state index contributed by atoms with van der Waals surface area (Å²) in [5.41, 5.74) is 2.10. The largest absolute Gasteiger partial charge is 0.497 e. The number of allylic oxidation sites excluding steroid dienone is 5. The van der Waals surface area contributed by atoms with E-state index < -0.39 is 118 Å². The Bertz CT molecular complexity index is 3030. The summed E-state index contributed by atoms with van der Waals surface area (Å²) >= 11 is 0. The standard InChI is InChI=1S/C70H102N4O18S/c1-43(2)40-73(93(87,88)54-26-24-53(89-8)25-27-54)41-61(80)55(37-49-18-12-10-13-19-49)72-64(82)29-30-71-63(81)22-15-11-14-20-51-33-44(3)32-45(4)34-60(79)66-52(42-75)36-47(6)70(86,92-66)67(83)68(84)74-31-17-16-21-56(74)69(85)91-65(48(7)58(77)39-59(51)78)46(5)35-50-23-28-57(76)62(38-50)90-9/h10-14,18-19,24-27,33,35,42-43,45,47-48,50-52,55-58,60-62,65-66,76-77,79-80,86H,15-17,20-23,28-32,34,36-41H2,1-9H3,(H,71,81)(H,72,82)/b14-11+,44-33+,46-35+/t45-,47+,48+,50-,51+,52+,55+,56-,57+,58-,60-,61-,62+,65+,66-,70+/m0/s1. The minimum absolute atomic E-state index is 0.0247. The first-order chi connectivity index (χ1) is 44.1. The quantitative estimate of drug-likeness (QED) is 0.0295. The van der Waals surface area contributed by atoms with Crippen LogP contribution in [0, 0.1) is 41.4 Å². The highest BCUT2D eigenvalue weighted by Gasteiger charge is 2.56. The van der Waals surface area contributed by atoms with Crippen molar-refractivity contribution in [3.05, 3.63) is 95.6 Å². The van der Waals surface area contributed by atoms with Gasteiger partial charge in [-0.1, -0.05) is 94.8 Å². The van der Waals surface area contributed by atoms with Crippen molar-refractivity contribution in [2.75, 3.05) is 40.4 Å². The predicted octanol–water partition coefficient (Wildman–Crippen LogP) is 5.89. The van der Waals surface area contributed by atoms with E-state index in [1.807, 2.05) is 64.1 Å². The van der Waals surface area contributed by atoms with Crippen molar-refractivity contribution < 1.29 is 86.5 Å². The number of esters is 1. The number of amides is 3. The van der Waals surface area contributed by atoms with Gasteiger partial charge in [0.25, 0.3) is 11.7 Å². The maximum absolute atomic E-state index is 14.6. The minimum atomic E-state index is -4.08. The van der Waals surface area contributed by atoms with E-state index in [9.17, 15) is 67.5 Å². The number of aldehydes is 1. The third kappa shape index (κ3) is 21.2. The molecule has 0 spiro atoms. The van der Waals surface area contributed by atoms with Crippen LogP contribution in [0.5, 0.6) is 5.75 Å². The van der Waals surface area contributed by atoms with Crippen molar-refractivity contribution in [1.82, 2.24) is 19.8 Å². The molecule has 2 aromatic carbocycles. The number of ketones is 2. The van der Waals surface area contributed by atoms with E-state index in [0.717, 1.165) is 16.0 Å². The van der Waals surface area contributed by atoms with Crippen LogP contribution in [-0.4, -0.2) is 186 Å². The summed E-state index contributed by atoms with van der Waals surface area (Å²) in [4.78, 5) is 98.2. The molecule has 6 rings (SSSR count). The van der Waals surface area contributed by atoms with Crippen molar-refractivity contribution >= 4 is 51.6 Å². The molecule has 3 fully saturated rings. The van der Waals surface area contributed by atoms with Gasteiger partial charge in [-0.05, 0) is 144 Å². The number of carbonyl (C=O) groups is 7. The second kappa shape index (κ2) is 35.6. The van der Waals surface area contributed by atoms with Crippen molar-refractivity contribution in [2.45, 2.75) is 210 Å². The molecule has 0 radical (unpaired) electrons. The highest BCUT2D eigenvalue weighted by molar-refractivity contribution is 7.89. The zero-order valence-electron chi connectivity index (χ0n) is 55.6. The summed E-state index contributed by atoms with van der Waals surface area (Å²) in [6.45, 7) is 12.0. The number of hydrogen-bond acceptors (Lipinski definition) is 18. The van der Waals surface area contributed by atoms with Crippen LogP contribution in [0.3, 0.4) is 0 Å². The highest BCUT2D eigenvalue weighted by atomic mass is 32.2. The van der Waals surface area contributed by atoms with Crippen molar-refractivity contribution in [1.29, 1.82) is 0 Å². The monoisotopic (exact) mass is 1320 g/mol. The maximum Gasteiger partial charge on any atom is 0.329 e. The van der Waals surface area contributed by atoms with E-state index >= 15 is 0 Å². The first-order valence-corrected chi connectivity index (χ1v) is 34.5. The molecule has 1 aliphatic carbocycles. The lowest BCUT2D eigenvalue weighted by molar-refractivity contribution is -0.286. The Morgan fingerprint density at radius 2 is 1.58 bits per heavy atom. The van der Waals surface area contributed by atoms with Crippen LogP contribution in [0.1, 0.15) is 144 Å². The molecule has 3 heterocycles. The van der Waals surface area contributed by atoms with Crippen LogP contribution in [0.25, 0.3) is 0 Å². The molecule has 0 unspecified atom stereocenters. The predicted molar refractivity (Wildman–Crippen MR) is 347 cm³/mol. The number of methoxy groups -OCH3 is 2. The summed E-state index contributed by atoms with van der Waals surface area (Å²) in [5, 5.41) is 63.8. The molecule has 2 aromatic rings. The molecular weight excluding hydrogens is 1220 g/mol. The first kappa shape index (κ1) is 76.0. The highest BCUT2D eigenvalue weighted by Crippen LogP contribution is 2.40. The molecule has 3 amide bonds. The van der Waals surface area contributed by atoms with Crippen LogP contribution in [-0.2, 0) is 64.2 Å². The number of fused-ring (bicyclic) bond motifs is 3. The smallest absolute Gasteiger partial charge is 0.329 e. The second-order valence-corrected chi connectivity index (χ2v) is 28.7. The van der Waals surface area contributed by atoms with Gasteiger partial charge < -0.3 is 64.8 Å². The van der Waals surface area contributed by atoms with Crippen LogP contribution in [0.2, 0.25) is 0 Å². The number of rotatable bonds is 23. The number of hydrogen-bond donors (Lipinski definition) is 7. The Morgan fingerprint density at radius 3 is 2.25 bits per heavy atom. The summed E-state index contributed by atoms with van der Waals surface area (Å²) in [7, 11) is -1.08. The summed E-state index contributed by atoms with van der Waals surface area (Å²) in [5.74, 6) is -11.1. The van der Waals surface area contributed by atoms with Crippen molar-refractivity contribution in [3.8, 4) is 5.75 Å². The zero-order valence-corrected chi connectivity index (χ0v) is 56.4. The van der Waals surface area contributed by atoms with Gasteiger partial charge >= 0.3 is 5.97 Å². The third-order valence-corrected chi connectivity index (χ3v) is 20.5. The van der Waals surface area contributed by atoms with Gasteiger partial charge in [0.05, 0.1) is 54.7 Å². The average Bonchev–Trinajstić information content (AvgIpc) is 0.825. The Labute approximate surface area is 548 Å². The Kier molecular flexibility index (Phi) is 29.1. The Hall–Kier alpha value is -6.02. The van der Waals surface area contributed by atoms with Gasteiger partial charge in [0.1, 0.15) is 30.0 Å². The number of aliphatic hydroxyl groups excluding tert-OH is 4. The minimum Gasteiger partial charge on any atom is -0.497 e. The lowest BCUT2D eigenvalue weighted by Gasteiger charge is -2.45. The fourth-order valence-corrected chi connectivity index (χ4v) is 15.0. The van der Waals surface area contributed by atoms with Crippen molar-refractivity contribution in [2.24, 2.45) is 41.4 Å². The molecule has 3 aliphatic heterocycles. The molecular formula is C70H102N4O18S. The van der Waals surface area contributed by atoms with Gasteiger partial charge in [-0.25, -0.2) is 13.2 Å². The van der Waals surface area contributed by atoms with Crippen LogP contribution < -0.4 is 15.4 Å². The number of nitrogens with zero attached hydrogens (tertiary/aromatic N) is 2. The third-order valence-electron chi connectivity index (χ3n) is 18.7. The number of sulfonamides is 1. The van der Waals surface area contributed by atoms with Gasteiger partial charge in [-0.2, -0.15) is 4.31 Å². The maximum atomic E-state index is 14.6. The summed E-state index contributed by atoms with van der Waals surface area (Å²) in [6.07, 6.45) is 3.09. The zero-order chi connectivity index (χ0) is 68.3. The van der Waals surface area contributed by atoms with E-state index in [4.69, 9.17) is 18.9 Å². The van der Waals surface area contributed by atoms with Gasteiger partial charge in [0.15, 0.2) is 0 Å². The number of ether oxygens (including phenoxy) is 4. The molecule has 0 aromatic heterocycles. The number of carbonyl (C=O) groups excluding carboxylic acids is 7. The second-order valence-electron chi connectivity index (χ2n) is 26.7. The normalized spacial score (nSPS) is 30.5. The fourth-order valence-electron chi connectivity index (χ4n) is 13.4. The summed E-state index contributed by atoms with van der Waals surface area (Å²) in [6, 6.07) is 12.9. The van der Waals surface area contributed by atoms with Crippen LogP contribution in [0.4, 0.5) is 0 Å². The lowest BCUT2D eigenvalue weighted by Crippen LogP contribution is -2.63. The molecule has 2 bridgehead atoms. The Morgan fingerprint density at radius 1 is 0.871 bits per heavy atom. The van der Waals surface area contributed by atoms with Crippen LogP contribution >= 0.6 is 0 Å². The number of nitrogens with one attached hydrogen (secondary N) is 2. The summed E-state index contributed by atoms with van der Waals surface area (Å²) < 4.78 is 52.2. The number of benzene rings is 2. The molecule has 4 aliphatic rings. The van der Waals surface area contributed by atoms with E-state index in [1.165, 1.54) is 37.6 Å². The van der Waals surface area contributed by atoms with Gasteiger partial charge in [-0.3, -0.25) is 24.0 Å². The van der Waals surface area contributed by atoms with Gasteiger partial charge in [0, 0.05) is 76.2 Å². The van der Waals surface area contributed by atoms with E-state index in [2.05, 4.69) is 10.6 Å². The molecule has 516 valence electrons. The number of cyclic esters (lactones) is 1. The molecule has 16 atom stereocenters. The molecule has 22 nitrogen and oxygen atoms in total. The average molecular weight is 1320 g/mol. The molecule has 2 saturated heterocycles. The van der Waals surface area contributed by atoms with E-state index in [-0.39, 0.29) is 118 Å². The molecule has 93 heavy (non-hydrogen) atoms. The van der Waals surface area contributed by atoms with Gasteiger partial charge in [0.2, 0.25) is 27.6 Å². The molecule has 7 N–H and O–H groups in total. The number of Topliss-reactive ketones (excluding diaryl/α,β-unsaturated/α-hetero) is 2. The molecule has 1 saturated carbocycles. The Balaban J connectivity index is 1.17. The van der Waals surface area contributed by atoms with E-state index in [0.29, 0.717) is 56.1 Å². The topological polar surface area (TPSA) is 322 Å². The lowest BCUT2D eigenvalue weighted by atomic mass is 9.78. The van der Waals surface area contributed by atoms with Gasteiger partial charge in [-0.15, -0.1) is 0 Å². The SMILES string of the molecule is COc1ccc(S(=O)(=O)N(CC(C)C)C[C@H](O)[C@@H](Cc2ccccc2)NC(=O)CCNC(=O)CC/C=C/C[C@@H]2/C=C(\C)C[C@H](C)C[C@H](O)[C@H]3O[C@@](O)(C(=O)C(=O)N4CCCC[C@H]4C(=O)O[C@H](/C(C)=C/[C@@H]4CC[C@@H](O)[C@H](OC)C4)[C@H](C)[C@@H](O)CC2=O)[C@H](C)C[C@@H]3C=O)cc1. The number of aliphatic hydroxyl groups is 5. The van der Waals surface area contributed by atoms with E-state index in [1.54, 1.807) is 44.2 Å². The molecule has 23 heteroatoms. The number of piperidine rings is 1. The fraction of sp³-hybridized carbons (Fsp3) is 0.643. The first-order valence-electron chi connectivity index (χ1n) is 33.0.